The highest BCUT2D eigenvalue weighted by Crippen LogP contribution is 2.39. The second-order valence-electron chi connectivity index (χ2n) is 10.3. The average molecular weight is 551 g/mol. The van der Waals surface area contributed by atoms with Crippen molar-refractivity contribution in [1.82, 2.24) is 4.90 Å². The summed E-state index contributed by atoms with van der Waals surface area (Å²) >= 11 is 0. The van der Waals surface area contributed by atoms with Crippen LogP contribution in [0.2, 0.25) is 0 Å². The van der Waals surface area contributed by atoms with Gasteiger partial charge in [-0.15, -0.1) is 0 Å². The van der Waals surface area contributed by atoms with Gasteiger partial charge in [0.25, 0.3) is 0 Å². The number of methoxy groups -OCH3 is 2. The molecule has 0 N–H and O–H groups in total. The normalized spacial score (nSPS) is 17.7. The molecule has 3 aromatic carbocycles. The first-order valence-electron chi connectivity index (χ1n) is 13.3. The van der Waals surface area contributed by atoms with Gasteiger partial charge in [-0.1, -0.05) is 48.0 Å². The van der Waals surface area contributed by atoms with E-state index in [4.69, 9.17) is 9.47 Å². The predicted octanol–water partition coefficient (Wildman–Crippen LogP) is 5.26. The van der Waals surface area contributed by atoms with Crippen molar-refractivity contribution in [1.29, 1.82) is 0 Å². The number of likely N-dealkylation sites (tertiary alicyclic amines) is 1. The number of Topliss-reactive ketones (excluding diaryl/α,β-unsaturated/α-hetero) is 1. The van der Waals surface area contributed by atoms with E-state index in [-0.39, 0.29) is 16.6 Å². The Morgan fingerprint density at radius 1 is 0.923 bits per heavy atom. The van der Waals surface area contributed by atoms with Gasteiger partial charge in [-0.2, -0.15) is 0 Å². The van der Waals surface area contributed by atoms with Crippen LogP contribution in [0.1, 0.15) is 46.3 Å². The van der Waals surface area contributed by atoms with Crippen LogP contribution in [0.4, 0.5) is 0 Å². The number of ketones is 1. The molecule has 1 heterocycles. The summed E-state index contributed by atoms with van der Waals surface area (Å²) in [6.45, 7) is 5.09. The molecule has 1 aliphatic heterocycles. The molecule has 1 unspecified atom stereocenters. The number of hydrogen-bond acceptors (Lipinski definition) is 7. The number of nitrogens with zero attached hydrogens (tertiary/aromatic N) is 1. The molecule has 39 heavy (non-hydrogen) atoms. The molecule has 208 valence electrons. The highest BCUT2D eigenvalue weighted by molar-refractivity contribution is 7.85. The minimum absolute atomic E-state index is 0.109. The van der Waals surface area contributed by atoms with E-state index in [9.17, 15) is 17.8 Å². The minimum Gasteiger partial charge on any atom is -0.744 e. The SMILES string of the molecule is COc1cc2c(cc1OC)C(=O)C(CC1CCN(Cc3ccccc3)CC1)C2.Cc1ccc(S(=O)(=O)[O-])cc1. The van der Waals surface area contributed by atoms with E-state index in [0.29, 0.717) is 17.4 Å². The van der Waals surface area contributed by atoms with Gasteiger partial charge in [0.15, 0.2) is 17.3 Å². The van der Waals surface area contributed by atoms with Gasteiger partial charge in [0.05, 0.1) is 19.1 Å². The molecule has 0 amide bonds. The van der Waals surface area contributed by atoms with Crippen LogP contribution < -0.4 is 9.47 Å². The summed E-state index contributed by atoms with van der Waals surface area (Å²) in [6, 6.07) is 20.3. The van der Waals surface area contributed by atoms with Crippen molar-refractivity contribution in [2.75, 3.05) is 27.3 Å². The maximum Gasteiger partial charge on any atom is 0.166 e. The van der Waals surface area contributed by atoms with Gasteiger partial charge in [-0.05, 0) is 87.0 Å². The first-order valence-corrected chi connectivity index (χ1v) is 14.7. The van der Waals surface area contributed by atoms with E-state index in [0.717, 1.165) is 49.2 Å². The molecule has 8 heteroatoms. The monoisotopic (exact) mass is 550 g/mol. The summed E-state index contributed by atoms with van der Waals surface area (Å²) in [6.07, 6.45) is 4.19. The van der Waals surface area contributed by atoms with E-state index >= 15 is 0 Å². The molecular formula is C31H36NO6S-. The smallest absolute Gasteiger partial charge is 0.166 e. The van der Waals surface area contributed by atoms with Gasteiger partial charge in [0, 0.05) is 18.0 Å². The number of hydrogen-bond donors (Lipinski definition) is 0. The fraction of sp³-hybridized carbons (Fsp3) is 0.387. The van der Waals surface area contributed by atoms with Gasteiger partial charge in [0.1, 0.15) is 10.1 Å². The number of benzene rings is 3. The summed E-state index contributed by atoms with van der Waals surface area (Å²) in [7, 11) is -1.01. The lowest BCUT2D eigenvalue weighted by atomic mass is 9.85. The average Bonchev–Trinajstić information content (AvgIpc) is 3.23. The first-order chi connectivity index (χ1) is 18.7. The van der Waals surface area contributed by atoms with Crippen molar-refractivity contribution in [3.63, 3.8) is 0 Å². The predicted molar refractivity (Wildman–Crippen MR) is 149 cm³/mol. The molecule has 0 bridgehead atoms. The number of fused-ring (bicyclic) bond motifs is 1. The summed E-state index contributed by atoms with van der Waals surface area (Å²) < 4.78 is 41.9. The van der Waals surface area contributed by atoms with Crippen LogP contribution in [0, 0.1) is 18.8 Å². The molecule has 3 aromatic rings. The van der Waals surface area contributed by atoms with Crippen molar-refractivity contribution in [3.05, 3.63) is 89.0 Å². The Balaban J connectivity index is 0.000000270. The first kappa shape index (κ1) is 28.8. The summed E-state index contributed by atoms with van der Waals surface area (Å²) in [5.74, 6) is 2.38. The van der Waals surface area contributed by atoms with Crippen LogP contribution in [0.15, 0.2) is 71.6 Å². The van der Waals surface area contributed by atoms with E-state index in [1.54, 1.807) is 26.4 Å². The van der Waals surface area contributed by atoms with Crippen molar-refractivity contribution < 1.29 is 27.2 Å². The zero-order valence-corrected chi connectivity index (χ0v) is 23.6. The topological polar surface area (TPSA) is 96.0 Å². The molecule has 1 fully saturated rings. The Kier molecular flexibility index (Phi) is 9.43. The molecule has 0 spiro atoms. The van der Waals surface area contributed by atoms with E-state index < -0.39 is 10.1 Å². The summed E-state index contributed by atoms with van der Waals surface area (Å²) in [5.41, 5.74) is 4.24. The van der Waals surface area contributed by atoms with Crippen LogP contribution in [0.3, 0.4) is 0 Å². The standard InChI is InChI=1S/C24H29NO3.C7H8O3S/c1-27-22-14-19-13-20(24(26)21(19)15-23(22)28-2)12-17-8-10-25(11-9-17)16-18-6-4-3-5-7-18;1-6-2-4-7(5-3-6)11(8,9)10/h3-7,14-15,17,20H,8-13,16H2,1-2H3;2-5H,1H3,(H,8,9,10)/p-1. The van der Waals surface area contributed by atoms with Crippen molar-refractivity contribution >= 4 is 15.9 Å². The fourth-order valence-corrected chi connectivity index (χ4v) is 5.89. The molecule has 1 atom stereocenters. The lowest BCUT2D eigenvalue weighted by Gasteiger charge is -2.32. The quantitative estimate of drug-likeness (QED) is 0.370. The highest BCUT2D eigenvalue weighted by atomic mass is 32.2. The van der Waals surface area contributed by atoms with Crippen molar-refractivity contribution in [2.24, 2.45) is 11.8 Å². The van der Waals surface area contributed by atoms with Gasteiger partial charge in [0.2, 0.25) is 0 Å². The lowest BCUT2D eigenvalue weighted by molar-refractivity contribution is 0.0895. The fourth-order valence-electron chi connectivity index (χ4n) is 5.42. The Morgan fingerprint density at radius 2 is 1.54 bits per heavy atom. The lowest BCUT2D eigenvalue weighted by Crippen LogP contribution is -2.34. The third kappa shape index (κ3) is 7.47. The molecule has 0 aromatic heterocycles. The molecule has 1 aliphatic carbocycles. The molecule has 1 saturated heterocycles. The highest BCUT2D eigenvalue weighted by Gasteiger charge is 2.34. The molecular weight excluding hydrogens is 514 g/mol. The summed E-state index contributed by atoms with van der Waals surface area (Å²) in [5, 5.41) is 0. The Morgan fingerprint density at radius 3 is 2.13 bits per heavy atom. The van der Waals surface area contributed by atoms with Gasteiger partial charge >= 0.3 is 0 Å². The maximum atomic E-state index is 12.9. The number of piperidine rings is 1. The molecule has 7 nitrogen and oxygen atoms in total. The van der Waals surface area contributed by atoms with Gasteiger partial charge in [-0.25, -0.2) is 8.42 Å². The second-order valence-corrected chi connectivity index (χ2v) is 11.7. The number of aryl methyl sites for hydroxylation is 1. The second kappa shape index (κ2) is 12.8. The minimum atomic E-state index is -4.27. The molecule has 2 aliphatic rings. The van der Waals surface area contributed by atoms with Crippen molar-refractivity contribution in [3.8, 4) is 11.5 Å². The van der Waals surface area contributed by atoms with E-state index in [2.05, 4.69) is 35.2 Å². The number of carbonyl (C=O) groups is 1. The van der Waals surface area contributed by atoms with Crippen LogP contribution in [-0.2, 0) is 23.1 Å². The Hall–Kier alpha value is -3.20. The van der Waals surface area contributed by atoms with Gasteiger partial charge < -0.3 is 14.0 Å². The number of rotatable bonds is 7. The molecule has 0 saturated carbocycles. The summed E-state index contributed by atoms with van der Waals surface area (Å²) in [4.78, 5) is 15.3. The van der Waals surface area contributed by atoms with Crippen LogP contribution >= 0.6 is 0 Å². The molecule has 0 radical (unpaired) electrons. The Bertz CT molecular complexity index is 1360. The van der Waals surface area contributed by atoms with Crippen LogP contribution in [0.5, 0.6) is 11.5 Å². The van der Waals surface area contributed by atoms with E-state index in [1.807, 2.05) is 19.1 Å². The van der Waals surface area contributed by atoms with Crippen LogP contribution in [0.25, 0.3) is 0 Å². The maximum absolute atomic E-state index is 12.9. The number of ether oxygens (including phenoxy) is 2. The van der Waals surface area contributed by atoms with Crippen molar-refractivity contribution in [2.45, 2.75) is 44.0 Å². The van der Waals surface area contributed by atoms with Gasteiger partial charge in [-0.3, -0.25) is 9.69 Å². The zero-order chi connectivity index (χ0) is 28.0. The van der Waals surface area contributed by atoms with E-state index in [1.165, 1.54) is 30.5 Å². The Labute approximate surface area is 231 Å². The zero-order valence-electron chi connectivity index (χ0n) is 22.8. The van der Waals surface area contributed by atoms with Crippen LogP contribution in [-0.4, -0.2) is 51.0 Å². The number of carbonyl (C=O) groups excluding carboxylic acids is 1. The molecule has 5 rings (SSSR count). The third-order valence-corrected chi connectivity index (χ3v) is 8.45. The third-order valence-electron chi connectivity index (χ3n) is 7.60. The largest absolute Gasteiger partial charge is 0.744 e.